The third kappa shape index (κ3) is 8.00. The minimum atomic E-state index is -0.941. The second-order valence-electron chi connectivity index (χ2n) is 9.75. The Kier molecular flexibility index (Phi) is 10.9. The van der Waals surface area contributed by atoms with Crippen LogP contribution in [0.1, 0.15) is 85.0 Å². The molecule has 7 nitrogen and oxygen atoms in total. The zero-order chi connectivity index (χ0) is 23.6. The number of amides is 2. The van der Waals surface area contributed by atoms with Crippen molar-refractivity contribution in [3.05, 3.63) is 12.2 Å². The average Bonchev–Trinajstić information content (AvgIpc) is 3.35. The van der Waals surface area contributed by atoms with Crippen LogP contribution in [0.4, 0.5) is 0 Å². The van der Waals surface area contributed by atoms with Crippen molar-refractivity contribution >= 4 is 17.6 Å². The summed E-state index contributed by atoms with van der Waals surface area (Å²) >= 11 is 0. The van der Waals surface area contributed by atoms with Crippen molar-refractivity contribution < 1.29 is 24.2 Å². The number of ether oxygens (including phenoxy) is 1. The van der Waals surface area contributed by atoms with E-state index in [0.29, 0.717) is 25.3 Å². The standard InChI is InChI=1S/C25H42N2O5/c1-4-5-8-13-23(30)27-25(2,3)24(31)26-16-20-19(21-14-15-22(20)32-21)12-10-7-6-9-11-18(29)17-28/h7,10,19-22,28H,4-6,8-9,11-17H2,1-3H3,(H,26,31)(H,27,30)/t19-,20+,21-,22+/m0/s1. The van der Waals surface area contributed by atoms with Crippen molar-refractivity contribution in [3.63, 3.8) is 0 Å². The summed E-state index contributed by atoms with van der Waals surface area (Å²) in [6.07, 6.45) is 13.0. The van der Waals surface area contributed by atoms with Crippen LogP contribution >= 0.6 is 0 Å². The molecule has 2 amide bonds. The highest BCUT2D eigenvalue weighted by Gasteiger charge is 2.48. The first-order valence-corrected chi connectivity index (χ1v) is 12.3. The van der Waals surface area contributed by atoms with Crippen molar-refractivity contribution in [2.24, 2.45) is 11.8 Å². The Morgan fingerprint density at radius 2 is 1.75 bits per heavy atom. The highest BCUT2D eigenvalue weighted by Crippen LogP contribution is 2.44. The molecule has 0 spiro atoms. The third-order valence-electron chi connectivity index (χ3n) is 6.69. The minimum Gasteiger partial charge on any atom is -0.389 e. The van der Waals surface area contributed by atoms with Gasteiger partial charge in [-0.3, -0.25) is 14.4 Å². The molecule has 0 aromatic heterocycles. The topological polar surface area (TPSA) is 105 Å². The first-order valence-electron chi connectivity index (χ1n) is 12.3. The molecule has 0 aromatic rings. The number of allylic oxidation sites excluding steroid dienone is 2. The van der Waals surface area contributed by atoms with Crippen LogP contribution in [0, 0.1) is 11.8 Å². The number of carbonyl (C=O) groups excluding carboxylic acids is 3. The number of ketones is 1. The number of aliphatic hydroxyl groups excluding tert-OH is 1. The summed E-state index contributed by atoms with van der Waals surface area (Å²) in [7, 11) is 0. The van der Waals surface area contributed by atoms with Crippen molar-refractivity contribution in [3.8, 4) is 0 Å². The summed E-state index contributed by atoms with van der Waals surface area (Å²) in [5.74, 6) is 0.291. The van der Waals surface area contributed by atoms with E-state index in [-0.39, 0.29) is 42.3 Å². The van der Waals surface area contributed by atoms with Crippen LogP contribution in [0.5, 0.6) is 0 Å². The molecule has 4 atom stereocenters. The van der Waals surface area contributed by atoms with Gasteiger partial charge in [-0.25, -0.2) is 0 Å². The molecule has 2 aliphatic rings. The van der Waals surface area contributed by atoms with Gasteiger partial charge in [0.05, 0.1) is 12.2 Å². The van der Waals surface area contributed by atoms with E-state index < -0.39 is 5.54 Å². The number of unbranched alkanes of at least 4 members (excludes halogenated alkanes) is 3. The fourth-order valence-corrected chi connectivity index (χ4v) is 4.78. The highest BCUT2D eigenvalue weighted by molar-refractivity contribution is 5.90. The van der Waals surface area contributed by atoms with Crippen molar-refractivity contribution in [1.29, 1.82) is 0 Å². The summed E-state index contributed by atoms with van der Waals surface area (Å²) in [5, 5.41) is 14.7. The highest BCUT2D eigenvalue weighted by atomic mass is 16.5. The molecule has 7 heteroatoms. The van der Waals surface area contributed by atoms with E-state index in [4.69, 9.17) is 9.84 Å². The van der Waals surface area contributed by atoms with E-state index in [2.05, 4.69) is 29.7 Å². The Morgan fingerprint density at radius 3 is 2.44 bits per heavy atom. The molecule has 182 valence electrons. The lowest BCUT2D eigenvalue weighted by Crippen LogP contribution is -2.55. The summed E-state index contributed by atoms with van der Waals surface area (Å²) in [6, 6.07) is 0. The van der Waals surface area contributed by atoms with Crippen LogP contribution < -0.4 is 10.6 Å². The van der Waals surface area contributed by atoms with Gasteiger partial charge in [-0.15, -0.1) is 0 Å². The van der Waals surface area contributed by atoms with Crippen molar-refractivity contribution in [2.75, 3.05) is 13.2 Å². The van der Waals surface area contributed by atoms with Crippen molar-refractivity contribution in [1.82, 2.24) is 10.6 Å². The molecule has 0 aromatic carbocycles. The normalized spacial score (nSPS) is 24.8. The second-order valence-corrected chi connectivity index (χ2v) is 9.75. The average molecular weight is 451 g/mol. The zero-order valence-electron chi connectivity index (χ0n) is 20.0. The number of aliphatic hydroxyl groups is 1. The summed E-state index contributed by atoms with van der Waals surface area (Å²) in [5.41, 5.74) is -0.941. The number of carbonyl (C=O) groups is 3. The van der Waals surface area contributed by atoms with Crippen LogP contribution in [0.3, 0.4) is 0 Å². The van der Waals surface area contributed by atoms with Gasteiger partial charge in [-0.2, -0.15) is 0 Å². The fraction of sp³-hybridized carbons (Fsp3) is 0.800. The molecule has 0 radical (unpaired) electrons. The van der Waals surface area contributed by atoms with Crippen LogP contribution in [0.2, 0.25) is 0 Å². The smallest absolute Gasteiger partial charge is 0.245 e. The molecular weight excluding hydrogens is 408 g/mol. The fourth-order valence-electron chi connectivity index (χ4n) is 4.78. The Labute approximate surface area is 192 Å². The van der Waals surface area contributed by atoms with Gasteiger partial charge in [0.2, 0.25) is 11.8 Å². The van der Waals surface area contributed by atoms with Gasteiger partial charge in [0.25, 0.3) is 0 Å². The van der Waals surface area contributed by atoms with Gasteiger partial charge < -0.3 is 20.5 Å². The number of Topliss-reactive ketones (excluding diaryl/α,β-unsaturated/α-hetero) is 1. The predicted octanol–water partition coefficient (Wildman–Crippen LogP) is 3.05. The number of nitrogens with one attached hydrogen (secondary N) is 2. The number of rotatable bonds is 15. The third-order valence-corrected chi connectivity index (χ3v) is 6.69. The molecule has 3 N–H and O–H groups in total. The Hall–Kier alpha value is -1.73. The molecule has 2 heterocycles. The second kappa shape index (κ2) is 13.1. The van der Waals surface area contributed by atoms with Gasteiger partial charge in [-0.05, 0) is 58.3 Å². The lowest BCUT2D eigenvalue weighted by molar-refractivity contribution is -0.132. The van der Waals surface area contributed by atoms with E-state index >= 15 is 0 Å². The number of hydrogen-bond acceptors (Lipinski definition) is 5. The number of hydrogen-bond donors (Lipinski definition) is 3. The monoisotopic (exact) mass is 450 g/mol. The maximum atomic E-state index is 12.8. The van der Waals surface area contributed by atoms with E-state index in [1.165, 1.54) is 0 Å². The first kappa shape index (κ1) is 26.5. The molecule has 2 fully saturated rings. The van der Waals surface area contributed by atoms with Gasteiger partial charge in [0.15, 0.2) is 5.78 Å². The predicted molar refractivity (Wildman–Crippen MR) is 124 cm³/mol. The SMILES string of the molecule is CCCCCC(=O)NC(C)(C)C(=O)NC[C@@H]1[C@H](CC=CCCCC(=O)CO)[C@@H]2CC[C@H]1O2. The number of fused-ring (bicyclic) bond motifs is 2. The van der Waals surface area contributed by atoms with Gasteiger partial charge in [0, 0.05) is 25.3 Å². The lowest BCUT2D eigenvalue weighted by atomic mass is 9.77. The molecule has 0 unspecified atom stereocenters. The van der Waals surface area contributed by atoms with E-state index in [9.17, 15) is 14.4 Å². The lowest BCUT2D eigenvalue weighted by Gasteiger charge is -2.30. The van der Waals surface area contributed by atoms with E-state index in [0.717, 1.165) is 51.4 Å². The quantitative estimate of drug-likeness (QED) is 0.263. The van der Waals surface area contributed by atoms with Crippen LogP contribution in [0.25, 0.3) is 0 Å². The largest absolute Gasteiger partial charge is 0.389 e. The van der Waals surface area contributed by atoms with Gasteiger partial charge >= 0.3 is 0 Å². The maximum Gasteiger partial charge on any atom is 0.245 e. The van der Waals surface area contributed by atoms with E-state index in [1.807, 2.05) is 0 Å². The Balaban J connectivity index is 1.79. The molecule has 2 rings (SSSR count). The van der Waals surface area contributed by atoms with Gasteiger partial charge in [-0.1, -0.05) is 31.9 Å². The Morgan fingerprint density at radius 1 is 1.03 bits per heavy atom. The summed E-state index contributed by atoms with van der Waals surface area (Å²) < 4.78 is 6.13. The molecular formula is C25H42N2O5. The summed E-state index contributed by atoms with van der Waals surface area (Å²) in [4.78, 5) is 36.1. The summed E-state index contributed by atoms with van der Waals surface area (Å²) in [6.45, 7) is 5.77. The van der Waals surface area contributed by atoms with Gasteiger partial charge in [0.1, 0.15) is 12.1 Å². The Bertz CT molecular complexity index is 661. The van der Waals surface area contributed by atoms with Crippen LogP contribution in [-0.2, 0) is 19.1 Å². The minimum absolute atomic E-state index is 0.0782. The van der Waals surface area contributed by atoms with E-state index in [1.54, 1.807) is 13.8 Å². The first-order chi connectivity index (χ1) is 15.3. The molecule has 0 saturated carbocycles. The molecule has 2 bridgehead atoms. The van der Waals surface area contributed by atoms with Crippen LogP contribution in [0.15, 0.2) is 12.2 Å². The zero-order valence-corrected chi connectivity index (χ0v) is 20.0. The maximum absolute atomic E-state index is 12.8. The molecule has 2 saturated heterocycles. The van der Waals surface area contributed by atoms with Crippen molar-refractivity contribution in [2.45, 2.75) is 103 Å². The molecule has 0 aliphatic carbocycles. The molecule has 32 heavy (non-hydrogen) atoms. The molecule has 2 aliphatic heterocycles. The van der Waals surface area contributed by atoms with Crippen LogP contribution in [-0.4, -0.2) is 53.6 Å².